The van der Waals surface area contributed by atoms with Gasteiger partial charge in [-0.15, -0.1) is 0 Å². The van der Waals surface area contributed by atoms with Crippen LogP contribution < -0.4 is 4.74 Å². The van der Waals surface area contributed by atoms with E-state index in [0.29, 0.717) is 0 Å². The van der Waals surface area contributed by atoms with Gasteiger partial charge in [-0.05, 0) is 56.2 Å². The molecule has 0 aliphatic heterocycles. The van der Waals surface area contributed by atoms with Crippen molar-refractivity contribution < 1.29 is 9.84 Å². The predicted molar refractivity (Wildman–Crippen MR) is 83.1 cm³/mol. The van der Waals surface area contributed by atoms with E-state index in [-0.39, 0.29) is 5.75 Å². The number of benzene rings is 1. The lowest BCUT2D eigenvalue weighted by atomic mass is 10.0. The van der Waals surface area contributed by atoms with Crippen LogP contribution in [0.15, 0.2) is 30.3 Å². The molecule has 3 rings (SSSR count). The molecule has 0 fully saturated rings. The molecule has 0 saturated carbocycles. The molecular formula is C17H18N2O2. The topological polar surface area (TPSA) is 46.8 Å². The van der Waals surface area contributed by atoms with E-state index in [1.54, 1.807) is 13.2 Å². The van der Waals surface area contributed by atoms with Crippen LogP contribution in [0.2, 0.25) is 0 Å². The fourth-order valence-corrected chi connectivity index (χ4v) is 2.72. The minimum Gasteiger partial charge on any atom is -0.506 e. The third-order valence-electron chi connectivity index (χ3n) is 3.72. The zero-order chi connectivity index (χ0) is 15.1. The smallest absolute Gasteiger partial charge is 0.143 e. The summed E-state index contributed by atoms with van der Waals surface area (Å²) >= 11 is 0. The number of ether oxygens (including phenoxy) is 1. The Hall–Kier alpha value is -2.49. The largest absolute Gasteiger partial charge is 0.506 e. The van der Waals surface area contributed by atoms with Crippen molar-refractivity contribution in [1.29, 1.82) is 0 Å². The van der Waals surface area contributed by atoms with Crippen molar-refractivity contribution in [2.24, 2.45) is 0 Å². The lowest BCUT2D eigenvalue weighted by Gasteiger charge is -2.10. The Kier molecular flexibility index (Phi) is 3.09. The SMILES string of the molecule is COc1ccc(-c2c(C)cc3c(O)cc(C)nn23)c(C)c1. The zero-order valence-electron chi connectivity index (χ0n) is 12.6. The van der Waals surface area contributed by atoms with Gasteiger partial charge in [-0.2, -0.15) is 5.10 Å². The van der Waals surface area contributed by atoms with Crippen molar-refractivity contribution in [3.63, 3.8) is 0 Å². The molecule has 0 radical (unpaired) electrons. The summed E-state index contributed by atoms with van der Waals surface area (Å²) in [5, 5.41) is 14.7. The van der Waals surface area contributed by atoms with E-state index in [0.717, 1.165) is 39.3 Å². The summed E-state index contributed by atoms with van der Waals surface area (Å²) in [5.74, 6) is 1.09. The Morgan fingerprint density at radius 2 is 1.81 bits per heavy atom. The number of aromatic hydroxyl groups is 1. The highest BCUT2D eigenvalue weighted by molar-refractivity contribution is 5.76. The molecule has 4 heteroatoms. The van der Waals surface area contributed by atoms with E-state index in [1.165, 1.54) is 0 Å². The zero-order valence-corrected chi connectivity index (χ0v) is 12.6. The maximum Gasteiger partial charge on any atom is 0.143 e. The highest BCUT2D eigenvalue weighted by Crippen LogP contribution is 2.33. The molecule has 1 N–H and O–H groups in total. The molecule has 21 heavy (non-hydrogen) atoms. The molecule has 0 aliphatic carbocycles. The summed E-state index contributed by atoms with van der Waals surface area (Å²) < 4.78 is 7.08. The van der Waals surface area contributed by atoms with Gasteiger partial charge in [0, 0.05) is 11.6 Å². The summed E-state index contributed by atoms with van der Waals surface area (Å²) in [6, 6.07) is 9.62. The van der Waals surface area contributed by atoms with Gasteiger partial charge in [0.15, 0.2) is 0 Å². The first-order valence-corrected chi connectivity index (χ1v) is 6.85. The molecule has 108 valence electrons. The molecular weight excluding hydrogens is 264 g/mol. The maximum absolute atomic E-state index is 10.1. The second kappa shape index (κ2) is 4.81. The van der Waals surface area contributed by atoms with Crippen LogP contribution in [-0.4, -0.2) is 21.8 Å². The van der Waals surface area contributed by atoms with E-state index in [1.807, 2.05) is 49.6 Å². The van der Waals surface area contributed by atoms with Gasteiger partial charge in [0.1, 0.15) is 17.0 Å². The Morgan fingerprint density at radius 3 is 2.48 bits per heavy atom. The third-order valence-corrected chi connectivity index (χ3v) is 3.72. The quantitative estimate of drug-likeness (QED) is 0.780. The summed E-state index contributed by atoms with van der Waals surface area (Å²) in [6.45, 7) is 5.95. The average Bonchev–Trinajstić information content (AvgIpc) is 2.75. The highest BCUT2D eigenvalue weighted by Gasteiger charge is 2.15. The molecule has 0 unspecified atom stereocenters. The summed E-state index contributed by atoms with van der Waals surface area (Å²) in [4.78, 5) is 0. The number of fused-ring (bicyclic) bond motifs is 1. The number of hydrogen-bond donors (Lipinski definition) is 1. The number of hydrogen-bond acceptors (Lipinski definition) is 3. The van der Waals surface area contributed by atoms with Crippen LogP contribution in [0.4, 0.5) is 0 Å². The van der Waals surface area contributed by atoms with Crippen molar-refractivity contribution in [2.75, 3.05) is 7.11 Å². The van der Waals surface area contributed by atoms with Crippen molar-refractivity contribution in [3.8, 4) is 22.8 Å². The van der Waals surface area contributed by atoms with E-state index in [9.17, 15) is 5.11 Å². The van der Waals surface area contributed by atoms with Crippen molar-refractivity contribution >= 4 is 5.52 Å². The first kappa shape index (κ1) is 13.5. The molecule has 0 amide bonds. The van der Waals surface area contributed by atoms with Crippen molar-refractivity contribution in [1.82, 2.24) is 9.61 Å². The van der Waals surface area contributed by atoms with E-state index < -0.39 is 0 Å². The van der Waals surface area contributed by atoms with Crippen molar-refractivity contribution in [2.45, 2.75) is 20.8 Å². The molecule has 0 atom stereocenters. The third kappa shape index (κ3) is 2.13. The molecule has 0 aliphatic rings. The molecule has 0 bridgehead atoms. The molecule has 0 saturated heterocycles. The number of methoxy groups -OCH3 is 1. The van der Waals surface area contributed by atoms with Gasteiger partial charge in [-0.1, -0.05) is 0 Å². The monoisotopic (exact) mass is 282 g/mol. The normalized spacial score (nSPS) is 11.0. The lowest BCUT2D eigenvalue weighted by Crippen LogP contribution is -1.98. The number of rotatable bonds is 2. The predicted octanol–water partition coefficient (Wildman–Crippen LogP) is 3.64. The molecule has 3 aromatic rings. The second-order valence-corrected chi connectivity index (χ2v) is 5.32. The fraction of sp³-hybridized carbons (Fsp3) is 0.235. The van der Waals surface area contributed by atoms with Crippen molar-refractivity contribution in [3.05, 3.63) is 47.2 Å². The highest BCUT2D eigenvalue weighted by atomic mass is 16.5. The summed E-state index contributed by atoms with van der Waals surface area (Å²) in [6.07, 6.45) is 0. The Bertz CT molecular complexity index is 834. The van der Waals surface area contributed by atoms with Crippen LogP contribution in [0.5, 0.6) is 11.5 Å². The Morgan fingerprint density at radius 1 is 1.05 bits per heavy atom. The molecule has 1 aromatic carbocycles. The first-order chi connectivity index (χ1) is 10.0. The van der Waals surface area contributed by atoms with Crippen LogP contribution in [0.1, 0.15) is 16.8 Å². The minimum absolute atomic E-state index is 0.253. The standard InChI is InChI=1S/C17H18N2O2/c1-10-7-13(21-4)5-6-14(10)17-11(2)8-15-16(20)9-12(3)18-19(15)17/h5-9,20H,1-4H3. The average molecular weight is 282 g/mol. The van der Waals surface area contributed by atoms with Gasteiger partial charge in [-0.25, -0.2) is 4.52 Å². The van der Waals surface area contributed by atoms with Crippen LogP contribution in [0, 0.1) is 20.8 Å². The lowest BCUT2D eigenvalue weighted by molar-refractivity contribution is 0.414. The van der Waals surface area contributed by atoms with Crippen LogP contribution in [0.25, 0.3) is 16.8 Å². The molecule has 0 spiro atoms. The van der Waals surface area contributed by atoms with Gasteiger partial charge in [0.25, 0.3) is 0 Å². The first-order valence-electron chi connectivity index (χ1n) is 6.85. The number of nitrogens with zero attached hydrogens (tertiary/aromatic N) is 2. The van der Waals surface area contributed by atoms with Crippen LogP contribution >= 0.6 is 0 Å². The van der Waals surface area contributed by atoms with Crippen LogP contribution in [0.3, 0.4) is 0 Å². The molecule has 2 aromatic heterocycles. The Balaban J connectivity index is 2.32. The van der Waals surface area contributed by atoms with E-state index in [4.69, 9.17) is 4.74 Å². The van der Waals surface area contributed by atoms with Gasteiger partial charge in [0.2, 0.25) is 0 Å². The van der Waals surface area contributed by atoms with Crippen LogP contribution in [-0.2, 0) is 0 Å². The van der Waals surface area contributed by atoms with E-state index >= 15 is 0 Å². The molecule has 2 heterocycles. The number of aryl methyl sites for hydroxylation is 3. The van der Waals surface area contributed by atoms with Gasteiger partial charge >= 0.3 is 0 Å². The maximum atomic E-state index is 10.1. The second-order valence-electron chi connectivity index (χ2n) is 5.32. The van der Waals surface area contributed by atoms with Gasteiger partial charge in [-0.3, -0.25) is 0 Å². The van der Waals surface area contributed by atoms with E-state index in [2.05, 4.69) is 5.10 Å². The summed E-state index contributed by atoms with van der Waals surface area (Å²) in [5.41, 5.74) is 5.79. The minimum atomic E-state index is 0.253. The summed E-state index contributed by atoms with van der Waals surface area (Å²) in [7, 11) is 1.66. The fourth-order valence-electron chi connectivity index (χ4n) is 2.72. The molecule has 4 nitrogen and oxygen atoms in total. The Labute approximate surface area is 123 Å². The van der Waals surface area contributed by atoms with Gasteiger partial charge in [0.05, 0.1) is 18.5 Å². The number of aromatic nitrogens is 2. The van der Waals surface area contributed by atoms with Gasteiger partial charge < -0.3 is 9.84 Å².